The fourth-order valence-corrected chi connectivity index (χ4v) is 3.25. The Labute approximate surface area is 128 Å². The van der Waals surface area contributed by atoms with Crippen LogP contribution in [0.3, 0.4) is 0 Å². The van der Waals surface area contributed by atoms with Crippen LogP contribution in [0.1, 0.15) is 19.7 Å². The third-order valence-electron chi connectivity index (χ3n) is 4.09. The molecule has 3 aromatic rings. The maximum absolute atomic E-state index is 5.84. The lowest BCUT2D eigenvalue weighted by Gasteiger charge is -2.36. The topological polar surface area (TPSA) is 55.5 Å². The second-order valence-corrected chi connectivity index (χ2v) is 6.00. The lowest BCUT2D eigenvalue weighted by molar-refractivity contribution is -0.00577. The molecule has 1 fully saturated rings. The molecule has 0 N–H and O–H groups in total. The summed E-state index contributed by atoms with van der Waals surface area (Å²) in [5.74, 6) is 1.76. The van der Waals surface area contributed by atoms with Crippen molar-refractivity contribution in [2.45, 2.75) is 33.0 Å². The van der Waals surface area contributed by atoms with Crippen LogP contribution >= 0.6 is 0 Å². The number of ether oxygens (including phenoxy) is 1. The molecule has 2 unspecified atom stereocenters. The van der Waals surface area contributed by atoms with Gasteiger partial charge in [0.05, 0.1) is 17.7 Å². The molecule has 1 aliphatic heterocycles. The molecular formula is C16H19N5O. The van der Waals surface area contributed by atoms with E-state index in [0.29, 0.717) is 0 Å². The molecule has 0 amide bonds. The lowest BCUT2D eigenvalue weighted by Crippen LogP contribution is -2.46. The second-order valence-electron chi connectivity index (χ2n) is 6.00. The fraction of sp³-hybridized carbons (Fsp3) is 0.438. The minimum atomic E-state index is 0.184. The molecule has 6 nitrogen and oxygen atoms in total. The van der Waals surface area contributed by atoms with Gasteiger partial charge in [-0.1, -0.05) is 12.1 Å². The zero-order valence-corrected chi connectivity index (χ0v) is 13.0. The number of hydrogen-bond donors (Lipinski definition) is 0. The SMILES string of the molecule is Cc1nnc2c3ccccc3nc(N3CC(C)OC(C)C3)n12. The van der Waals surface area contributed by atoms with E-state index in [0.717, 1.165) is 41.4 Å². The molecular weight excluding hydrogens is 278 g/mol. The Morgan fingerprint density at radius 2 is 1.82 bits per heavy atom. The number of para-hydroxylation sites is 1. The Kier molecular flexibility index (Phi) is 3.00. The highest BCUT2D eigenvalue weighted by atomic mass is 16.5. The molecule has 0 spiro atoms. The normalized spacial score (nSPS) is 22.6. The smallest absolute Gasteiger partial charge is 0.213 e. The Bertz CT molecular complexity index is 833. The van der Waals surface area contributed by atoms with Gasteiger partial charge in [-0.15, -0.1) is 10.2 Å². The van der Waals surface area contributed by atoms with Crippen molar-refractivity contribution < 1.29 is 4.74 Å². The van der Waals surface area contributed by atoms with E-state index in [-0.39, 0.29) is 12.2 Å². The highest BCUT2D eigenvalue weighted by Gasteiger charge is 2.26. The van der Waals surface area contributed by atoms with Crippen LogP contribution in [0.25, 0.3) is 16.6 Å². The van der Waals surface area contributed by atoms with E-state index in [4.69, 9.17) is 9.72 Å². The van der Waals surface area contributed by atoms with Crippen molar-refractivity contribution in [3.05, 3.63) is 30.1 Å². The predicted molar refractivity (Wildman–Crippen MR) is 85.2 cm³/mol. The Balaban J connectivity index is 1.96. The average molecular weight is 297 g/mol. The first-order valence-corrected chi connectivity index (χ1v) is 7.64. The highest BCUT2D eigenvalue weighted by Crippen LogP contribution is 2.25. The molecule has 3 heterocycles. The molecule has 22 heavy (non-hydrogen) atoms. The quantitative estimate of drug-likeness (QED) is 0.689. The highest BCUT2D eigenvalue weighted by molar-refractivity contribution is 5.92. The number of nitrogens with zero attached hydrogens (tertiary/aromatic N) is 5. The second kappa shape index (κ2) is 4.91. The largest absolute Gasteiger partial charge is 0.372 e. The minimum absolute atomic E-state index is 0.184. The van der Waals surface area contributed by atoms with E-state index < -0.39 is 0 Å². The molecule has 0 aliphatic carbocycles. The summed E-state index contributed by atoms with van der Waals surface area (Å²) in [6.07, 6.45) is 0.368. The van der Waals surface area contributed by atoms with Gasteiger partial charge in [-0.2, -0.15) is 0 Å². The van der Waals surface area contributed by atoms with E-state index in [1.54, 1.807) is 0 Å². The molecule has 0 bridgehead atoms. The van der Waals surface area contributed by atoms with Crippen LogP contribution in [0.15, 0.2) is 24.3 Å². The van der Waals surface area contributed by atoms with Crippen LogP contribution in [-0.4, -0.2) is 44.9 Å². The van der Waals surface area contributed by atoms with Gasteiger partial charge < -0.3 is 9.64 Å². The van der Waals surface area contributed by atoms with Crippen molar-refractivity contribution in [2.24, 2.45) is 0 Å². The first kappa shape index (κ1) is 13.5. The van der Waals surface area contributed by atoms with E-state index >= 15 is 0 Å². The van der Waals surface area contributed by atoms with Gasteiger partial charge in [0.1, 0.15) is 5.82 Å². The van der Waals surface area contributed by atoms with Crippen molar-refractivity contribution in [2.75, 3.05) is 18.0 Å². The van der Waals surface area contributed by atoms with Crippen molar-refractivity contribution >= 4 is 22.5 Å². The van der Waals surface area contributed by atoms with Crippen LogP contribution in [0, 0.1) is 6.92 Å². The standard InChI is InChI=1S/C16H19N5O/c1-10-8-20(9-11(2)22-10)16-17-14-7-5-4-6-13(14)15-19-18-12(3)21(15)16/h4-7,10-11H,8-9H2,1-3H3. The van der Waals surface area contributed by atoms with Crippen LogP contribution < -0.4 is 4.90 Å². The van der Waals surface area contributed by atoms with Gasteiger partial charge in [0.15, 0.2) is 5.65 Å². The number of aryl methyl sites for hydroxylation is 1. The summed E-state index contributed by atoms with van der Waals surface area (Å²) < 4.78 is 7.89. The van der Waals surface area contributed by atoms with Gasteiger partial charge in [-0.05, 0) is 32.9 Å². The van der Waals surface area contributed by atoms with Crippen molar-refractivity contribution in [1.82, 2.24) is 19.6 Å². The third-order valence-corrected chi connectivity index (χ3v) is 4.09. The number of benzene rings is 1. The van der Waals surface area contributed by atoms with E-state index in [2.05, 4.69) is 28.9 Å². The Morgan fingerprint density at radius 3 is 2.59 bits per heavy atom. The molecule has 6 heteroatoms. The molecule has 2 aromatic heterocycles. The van der Waals surface area contributed by atoms with Gasteiger partial charge in [0.2, 0.25) is 5.95 Å². The molecule has 1 saturated heterocycles. The average Bonchev–Trinajstić information content (AvgIpc) is 2.88. The minimum Gasteiger partial charge on any atom is -0.372 e. The number of hydrogen-bond acceptors (Lipinski definition) is 5. The zero-order chi connectivity index (χ0) is 15.3. The van der Waals surface area contributed by atoms with Crippen LogP contribution in [-0.2, 0) is 4.74 Å². The van der Waals surface area contributed by atoms with Crippen LogP contribution in [0.5, 0.6) is 0 Å². The number of morpholine rings is 1. The first-order chi connectivity index (χ1) is 10.6. The summed E-state index contributed by atoms with van der Waals surface area (Å²) in [7, 11) is 0. The van der Waals surface area contributed by atoms with Crippen molar-refractivity contribution in [3.8, 4) is 0 Å². The van der Waals surface area contributed by atoms with E-state index in [1.165, 1.54) is 0 Å². The molecule has 1 aromatic carbocycles. The first-order valence-electron chi connectivity index (χ1n) is 7.64. The summed E-state index contributed by atoms with van der Waals surface area (Å²) in [6.45, 7) is 7.80. The summed E-state index contributed by atoms with van der Waals surface area (Å²) in [5.41, 5.74) is 1.81. The Morgan fingerprint density at radius 1 is 1.09 bits per heavy atom. The lowest BCUT2D eigenvalue weighted by atomic mass is 10.2. The van der Waals surface area contributed by atoms with E-state index in [1.807, 2.05) is 35.6 Å². The third kappa shape index (κ3) is 2.02. The molecule has 114 valence electrons. The van der Waals surface area contributed by atoms with Crippen LogP contribution in [0.4, 0.5) is 5.95 Å². The van der Waals surface area contributed by atoms with Crippen LogP contribution in [0.2, 0.25) is 0 Å². The summed E-state index contributed by atoms with van der Waals surface area (Å²) >= 11 is 0. The molecule has 2 atom stereocenters. The molecule has 1 aliphatic rings. The summed E-state index contributed by atoms with van der Waals surface area (Å²) in [5, 5.41) is 9.64. The maximum atomic E-state index is 5.84. The van der Waals surface area contributed by atoms with Gasteiger partial charge in [-0.25, -0.2) is 9.38 Å². The fourth-order valence-electron chi connectivity index (χ4n) is 3.25. The van der Waals surface area contributed by atoms with Gasteiger partial charge in [0, 0.05) is 18.5 Å². The van der Waals surface area contributed by atoms with Gasteiger partial charge in [0.25, 0.3) is 0 Å². The Hall–Kier alpha value is -2.21. The van der Waals surface area contributed by atoms with Crippen molar-refractivity contribution in [3.63, 3.8) is 0 Å². The van der Waals surface area contributed by atoms with Crippen molar-refractivity contribution in [1.29, 1.82) is 0 Å². The number of aromatic nitrogens is 4. The van der Waals surface area contributed by atoms with E-state index in [9.17, 15) is 0 Å². The number of fused-ring (bicyclic) bond motifs is 3. The van der Waals surface area contributed by atoms with Gasteiger partial charge >= 0.3 is 0 Å². The number of anilines is 1. The predicted octanol–water partition coefficient (Wildman–Crippen LogP) is 2.20. The summed E-state index contributed by atoms with van der Waals surface area (Å²) in [4.78, 5) is 7.15. The van der Waals surface area contributed by atoms with Gasteiger partial charge in [-0.3, -0.25) is 0 Å². The summed E-state index contributed by atoms with van der Waals surface area (Å²) in [6, 6.07) is 8.08. The monoisotopic (exact) mass is 297 g/mol. The number of rotatable bonds is 1. The zero-order valence-electron chi connectivity index (χ0n) is 13.0. The molecule has 0 radical (unpaired) electrons. The molecule has 0 saturated carbocycles. The maximum Gasteiger partial charge on any atom is 0.213 e. The molecule has 4 rings (SSSR count).